The first-order valence-electron chi connectivity index (χ1n) is 8.26. The monoisotopic (exact) mass is 321 g/mol. The van der Waals surface area contributed by atoms with Gasteiger partial charge in [0.25, 0.3) is 5.91 Å². The van der Waals surface area contributed by atoms with Gasteiger partial charge in [0.05, 0.1) is 0 Å². The number of nitrogens with zero attached hydrogens (tertiary/aromatic N) is 3. The highest BCUT2D eigenvalue weighted by atomic mass is 16.1. The van der Waals surface area contributed by atoms with Crippen molar-refractivity contribution < 1.29 is 4.79 Å². The largest absolute Gasteiger partial charge is 0.356 e. The molecule has 0 unspecified atom stereocenters. The Morgan fingerprint density at radius 3 is 2.75 bits per heavy atom. The van der Waals surface area contributed by atoms with Crippen molar-refractivity contribution in [3.63, 3.8) is 0 Å². The molecule has 6 heteroatoms. The van der Waals surface area contributed by atoms with E-state index in [0.29, 0.717) is 11.5 Å². The summed E-state index contributed by atoms with van der Waals surface area (Å²) in [5.74, 6) is 1.19. The lowest BCUT2D eigenvalue weighted by Gasteiger charge is -2.27. The lowest BCUT2D eigenvalue weighted by molar-refractivity contribution is 0.102. The summed E-state index contributed by atoms with van der Waals surface area (Å²) in [4.78, 5) is 26.3. The van der Waals surface area contributed by atoms with Crippen LogP contribution in [0, 0.1) is 0 Å². The Bertz CT molecular complexity index is 833. The summed E-state index contributed by atoms with van der Waals surface area (Å²) in [7, 11) is 0. The number of hydrogen-bond donors (Lipinski definition) is 2. The van der Waals surface area contributed by atoms with Crippen LogP contribution in [0.4, 0.5) is 11.6 Å². The summed E-state index contributed by atoms with van der Waals surface area (Å²) in [5.41, 5.74) is 1.47. The zero-order valence-electron chi connectivity index (χ0n) is 13.3. The van der Waals surface area contributed by atoms with E-state index in [0.717, 1.165) is 29.8 Å². The van der Waals surface area contributed by atoms with Gasteiger partial charge in [-0.15, -0.1) is 0 Å². The summed E-state index contributed by atoms with van der Waals surface area (Å²) >= 11 is 0. The molecule has 0 bridgehead atoms. The molecular formula is C18H19N5O. The van der Waals surface area contributed by atoms with Crippen LogP contribution in [0.15, 0.2) is 42.7 Å². The standard InChI is InChI=1S/C18H19N5O/c24-18(15-10-13-6-2-3-7-14(13)21-15)22-16-11-17(20-12-19-16)23-8-4-1-5-9-23/h2-3,6-7,10-12,21H,1,4-5,8-9H2,(H,19,20,22,24). The molecule has 2 N–H and O–H groups in total. The number of H-pyrrole nitrogens is 1. The highest BCUT2D eigenvalue weighted by molar-refractivity contribution is 6.05. The molecule has 1 aliphatic rings. The van der Waals surface area contributed by atoms with Gasteiger partial charge in [0.2, 0.25) is 0 Å². The Labute approximate surface area is 139 Å². The fraction of sp³-hybridized carbons (Fsp3) is 0.278. The number of para-hydroxylation sites is 1. The Morgan fingerprint density at radius 1 is 1.08 bits per heavy atom. The van der Waals surface area contributed by atoms with Crippen molar-refractivity contribution in [2.75, 3.05) is 23.3 Å². The predicted octanol–water partition coefficient (Wildman–Crippen LogP) is 3.20. The second kappa shape index (κ2) is 6.31. The van der Waals surface area contributed by atoms with Crippen molar-refractivity contribution in [3.05, 3.63) is 48.4 Å². The highest BCUT2D eigenvalue weighted by Crippen LogP contribution is 2.20. The summed E-state index contributed by atoms with van der Waals surface area (Å²) in [5, 5.41) is 3.86. The zero-order chi connectivity index (χ0) is 16.4. The molecule has 1 fully saturated rings. The molecule has 6 nitrogen and oxygen atoms in total. The Morgan fingerprint density at radius 2 is 1.92 bits per heavy atom. The maximum Gasteiger partial charge on any atom is 0.273 e. The zero-order valence-corrected chi connectivity index (χ0v) is 13.3. The first kappa shape index (κ1) is 14.7. The molecule has 0 atom stereocenters. The number of anilines is 2. The summed E-state index contributed by atoms with van der Waals surface area (Å²) < 4.78 is 0. The van der Waals surface area contributed by atoms with Gasteiger partial charge in [0, 0.05) is 30.1 Å². The van der Waals surface area contributed by atoms with Crippen LogP contribution in [0.25, 0.3) is 10.9 Å². The van der Waals surface area contributed by atoms with Crippen LogP contribution in [0.2, 0.25) is 0 Å². The van der Waals surface area contributed by atoms with E-state index < -0.39 is 0 Å². The van der Waals surface area contributed by atoms with E-state index in [9.17, 15) is 4.79 Å². The molecule has 1 amide bonds. The molecule has 24 heavy (non-hydrogen) atoms. The van der Waals surface area contributed by atoms with Gasteiger partial charge < -0.3 is 15.2 Å². The van der Waals surface area contributed by atoms with Gasteiger partial charge in [0.1, 0.15) is 23.7 Å². The number of fused-ring (bicyclic) bond motifs is 1. The Hall–Kier alpha value is -2.89. The maximum absolute atomic E-state index is 12.5. The molecule has 1 aliphatic heterocycles. The van der Waals surface area contributed by atoms with Gasteiger partial charge in [-0.3, -0.25) is 4.79 Å². The van der Waals surface area contributed by atoms with Gasteiger partial charge in [-0.1, -0.05) is 18.2 Å². The SMILES string of the molecule is O=C(Nc1cc(N2CCCCC2)ncn1)c1cc2ccccc2[nH]1. The minimum Gasteiger partial charge on any atom is -0.356 e. The minimum atomic E-state index is -0.200. The van der Waals surface area contributed by atoms with Crippen molar-refractivity contribution in [2.45, 2.75) is 19.3 Å². The van der Waals surface area contributed by atoms with E-state index in [1.54, 1.807) is 0 Å². The third-order valence-corrected chi connectivity index (χ3v) is 4.35. The normalized spacial score (nSPS) is 14.8. The van der Waals surface area contributed by atoms with Crippen LogP contribution in [0.5, 0.6) is 0 Å². The van der Waals surface area contributed by atoms with E-state index >= 15 is 0 Å². The lowest BCUT2D eigenvalue weighted by Crippen LogP contribution is -2.30. The lowest BCUT2D eigenvalue weighted by atomic mass is 10.1. The van der Waals surface area contributed by atoms with Gasteiger partial charge >= 0.3 is 0 Å². The number of carbonyl (C=O) groups is 1. The van der Waals surface area contributed by atoms with Crippen LogP contribution < -0.4 is 10.2 Å². The highest BCUT2D eigenvalue weighted by Gasteiger charge is 2.14. The third kappa shape index (κ3) is 2.95. The third-order valence-electron chi connectivity index (χ3n) is 4.35. The quantitative estimate of drug-likeness (QED) is 0.777. The number of hydrogen-bond acceptors (Lipinski definition) is 4. The van der Waals surface area contributed by atoms with Crippen LogP contribution in [-0.4, -0.2) is 33.9 Å². The average molecular weight is 321 g/mol. The number of nitrogens with one attached hydrogen (secondary N) is 2. The van der Waals surface area contributed by atoms with Crippen molar-refractivity contribution in [1.29, 1.82) is 0 Å². The molecule has 3 heterocycles. The Balaban J connectivity index is 1.52. The topological polar surface area (TPSA) is 73.9 Å². The van der Waals surface area contributed by atoms with Gasteiger partial charge in [-0.25, -0.2) is 9.97 Å². The summed E-state index contributed by atoms with van der Waals surface area (Å²) in [6.45, 7) is 2.01. The smallest absolute Gasteiger partial charge is 0.273 e. The molecule has 0 aliphatic carbocycles. The fourth-order valence-corrected chi connectivity index (χ4v) is 3.09. The summed E-state index contributed by atoms with van der Waals surface area (Å²) in [6.07, 6.45) is 5.14. The second-order valence-electron chi connectivity index (χ2n) is 6.03. The molecule has 4 rings (SSSR count). The fourth-order valence-electron chi connectivity index (χ4n) is 3.09. The van der Waals surface area contributed by atoms with Gasteiger partial charge in [-0.05, 0) is 31.4 Å². The van der Waals surface area contributed by atoms with E-state index in [2.05, 4.69) is 25.2 Å². The first-order chi connectivity index (χ1) is 11.8. The Kier molecular flexibility index (Phi) is 3.86. The second-order valence-corrected chi connectivity index (χ2v) is 6.03. The van der Waals surface area contributed by atoms with E-state index in [-0.39, 0.29) is 5.91 Å². The number of amides is 1. The number of benzene rings is 1. The van der Waals surface area contributed by atoms with E-state index in [4.69, 9.17) is 0 Å². The summed E-state index contributed by atoms with van der Waals surface area (Å²) in [6, 6.07) is 11.5. The number of piperidine rings is 1. The van der Waals surface area contributed by atoms with Crippen LogP contribution in [-0.2, 0) is 0 Å². The van der Waals surface area contributed by atoms with Gasteiger partial charge in [0.15, 0.2) is 0 Å². The van der Waals surface area contributed by atoms with Gasteiger partial charge in [-0.2, -0.15) is 0 Å². The van der Waals surface area contributed by atoms with Crippen LogP contribution >= 0.6 is 0 Å². The van der Waals surface area contributed by atoms with Crippen molar-refractivity contribution in [3.8, 4) is 0 Å². The van der Waals surface area contributed by atoms with Crippen molar-refractivity contribution >= 4 is 28.4 Å². The maximum atomic E-state index is 12.5. The molecule has 2 aromatic heterocycles. The van der Waals surface area contributed by atoms with E-state index in [1.807, 2.05) is 36.4 Å². The molecule has 0 radical (unpaired) electrons. The number of aromatic amines is 1. The average Bonchev–Trinajstić information content (AvgIpc) is 3.07. The minimum absolute atomic E-state index is 0.200. The molecule has 1 saturated heterocycles. The van der Waals surface area contributed by atoms with Crippen molar-refractivity contribution in [2.24, 2.45) is 0 Å². The number of aromatic nitrogens is 3. The van der Waals surface area contributed by atoms with Crippen LogP contribution in [0.1, 0.15) is 29.8 Å². The first-order valence-corrected chi connectivity index (χ1v) is 8.26. The molecule has 0 spiro atoms. The molecular weight excluding hydrogens is 302 g/mol. The molecule has 1 aromatic carbocycles. The number of carbonyl (C=O) groups excluding carboxylic acids is 1. The van der Waals surface area contributed by atoms with Crippen molar-refractivity contribution in [1.82, 2.24) is 15.0 Å². The van der Waals surface area contributed by atoms with Crippen LogP contribution in [0.3, 0.4) is 0 Å². The molecule has 122 valence electrons. The predicted molar refractivity (Wildman–Crippen MR) is 94.3 cm³/mol. The number of rotatable bonds is 3. The molecule has 3 aromatic rings. The molecule has 0 saturated carbocycles. The van der Waals surface area contributed by atoms with E-state index in [1.165, 1.54) is 25.6 Å².